The van der Waals surface area contributed by atoms with Crippen LogP contribution >= 0.6 is 0 Å². The third-order valence-corrected chi connectivity index (χ3v) is 5.90. The lowest BCUT2D eigenvalue weighted by Crippen LogP contribution is -2.54. The molecule has 1 aromatic rings. The van der Waals surface area contributed by atoms with Crippen LogP contribution in [-0.2, 0) is 15.0 Å². The van der Waals surface area contributed by atoms with Crippen LogP contribution in [0.2, 0.25) is 0 Å². The lowest BCUT2D eigenvalue weighted by molar-refractivity contribution is -0.131. The Kier molecular flexibility index (Phi) is 6.26. The monoisotopic (exact) mass is 390 g/mol. The molecule has 2 rings (SSSR count). The molecule has 0 aromatic heterocycles. The van der Waals surface area contributed by atoms with Crippen molar-refractivity contribution in [3.05, 3.63) is 35.4 Å². The number of carbonyl (C=O) groups is 2. The second-order valence-corrected chi connectivity index (χ2v) is 8.02. The number of hydrogen-bond donors (Lipinski definition) is 1. The summed E-state index contributed by atoms with van der Waals surface area (Å²) in [6, 6.07) is 2.53. The Bertz CT molecular complexity index is 793. The van der Waals surface area contributed by atoms with Crippen molar-refractivity contribution in [2.75, 3.05) is 46.8 Å². The van der Waals surface area contributed by atoms with Gasteiger partial charge in [0.25, 0.3) is 16.1 Å². The fourth-order valence-corrected chi connectivity index (χ4v) is 3.52. The standard InChI is InChI=1S/C15H20F2N4O4S/c1-19(2)26(24,25)21-7-5-20(6-8-21)14(22)10-18-15(23)12-4-3-11(16)9-13(12)17/h3-4,9H,5-8,10H2,1-2H3,(H,18,23). The van der Waals surface area contributed by atoms with Crippen LogP contribution in [0, 0.1) is 11.6 Å². The molecule has 0 saturated carbocycles. The smallest absolute Gasteiger partial charge is 0.281 e. The highest BCUT2D eigenvalue weighted by atomic mass is 32.2. The number of rotatable bonds is 5. The van der Waals surface area contributed by atoms with Gasteiger partial charge in [0, 0.05) is 46.3 Å². The zero-order valence-corrected chi connectivity index (χ0v) is 15.2. The summed E-state index contributed by atoms with van der Waals surface area (Å²) in [6.45, 7) is 0.301. The highest BCUT2D eigenvalue weighted by Gasteiger charge is 2.30. The number of hydrogen-bond acceptors (Lipinski definition) is 4. The van der Waals surface area contributed by atoms with E-state index in [0.29, 0.717) is 6.07 Å². The first kappa shape index (κ1) is 20.2. The van der Waals surface area contributed by atoms with Crippen LogP contribution in [0.15, 0.2) is 18.2 Å². The van der Waals surface area contributed by atoms with E-state index in [1.165, 1.54) is 23.3 Å². The quantitative estimate of drug-likeness (QED) is 0.744. The molecule has 1 aromatic carbocycles. The number of halogens is 2. The fourth-order valence-electron chi connectivity index (χ4n) is 2.44. The predicted molar refractivity (Wildman–Crippen MR) is 89.5 cm³/mol. The van der Waals surface area contributed by atoms with Gasteiger partial charge in [-0.05, 0) is 12.1 Å². The van der Waals surface area contributed by atoms with Gasteiger partial charge in [-0.25, -0.2) is 8.78 Å². The molecule has 1 aliphatic heterocycles. The van der Waals surface area contributed by atoms with E-state index in [-0.39, 0.29) is 38.3 Å². The molecule has 1 saturated heterocycles. The molecule has 2 amide bonds. The summed E-state index contributed by atoms with van der Waals surface area (Å²) in [4.78, 5) is 25.4. The predicted octanol–water partition coefficient (Wildman–Crippen LogP) is -0.355. The van der Waals surface area contributed by atoms with E-state index in [0.717, 1.165) is 16.4 Å². The van der Waals surface area contributed by atoms with Crippen molar-refractivity contribution in [3.63, 3.8) is 0 Å². The van der Waals surface area contributed by atoms with Crippen molar-refractivity contribution in [2.24, 2.45) is 0 Å². The van der Waals surface area contributed by atoms with Crippen LogP contribution in [-0.4, -0.2) is 80.6 Å². The Morgan fingerprint density at radius 2 is 1.77 bits per heavy atom. The molecule has 1 heterocycles. The molecule has 26 heavy (non-hydrogen) atoms. The molecule has 0 radical (unpaired) electrons. The zero-order valence-electron chi connectivity index (χ0n) is 14.4. The van der Waals surface area contributed by atoms with E-state index < -0.39 is 33.7 Å². The minimum Gasteiger partial charge on any atom is -0.343 e. The highest BCUT2D eigenvalue weighted by Crippen LogP contribution is 2.11. The summed E-state index contributed by atoms with van der Waals surface area (Å²) in [5, 5.41) is 2.28. The molecular formula is C15H20F2N4O4S. The average molecular weight is 390 g/mol. The first-order valence-corrected chi connectivity index (χ1v) is 9.21. The van der Waals surface area contributed by atoms with E-state index in [9.17, 15) is 26.8 Å². The van der Waals surface area contributed by atoms with Gasteiger partial charge in [0.2, 0.25) is 5.91 Å². The Hall–Kier alpha value is -2.11. The summed E-state index contributed by atoms with van der Waals surface area (Å²) in [7, 11) is -0.677. The largest absolute Gasteiger partial charge is 0.343 e. The maximum atomic E-state index is 13.5. The number of amides is 2. The van der Waals surface area contributed by atoms with Crippen LogP contribution in [0.25, 0.3) is 0 Å². The number of carbonyl (C=O) groups excluding carboxylic acids is 2. The van der Waals surface area contributed by atoms with Crippen molar-refractivity contribution in [2.45, 2.75) is 0 Å². The van der Waals surface area contributed by atoms with Gasteiger partial charge >= 0.3 is 0 Å². The molecule has 0 aliphatic carbocycles. The zero-order chi connectivity index (χ0) is 19.5. The number of nitrogens with one attached hydrogen (secondary N) is 1. The van der Waals surface area contributed by atoms with Gasteiger partial charge in [-0.1, -0.05) is 0 Å². The maximum Gasteiger partial charge on any atom is 0.281 e. The first-order valence-electron chi connectivity index (χ1n) is 7.81. The van der Waals surface area contributed by atoms with Gasteiger partial charge in [0.1, 0.15) is 11.6 Å². The minimum atomic E-state index is -3.53. The van der Waals surface area contributed by atoms with Crippen LogP contribution < -0.4 is 5.32 Å². The summed E-state index contributed by atoms with van der Waals surface area (Å²) >= 11 is 0. The maximum absolute atomic E-state index is 13.5. The van der Waals surface area contributed by atoms with Crippen LogP contribution in [0.3, 0.4) is 0 Å². The van der Waals surface area contributed by atoms with E-state index in [1.807, 2.05) is 0 Å². The molecule has 0 unspecified atom stereocenters. The molecule has 144 valence electrons. The van der Waals surface area contributed by atoms with Gasteiger partial charge in [0.05, 0.1) is 12.1 Å². The average Bonchev–Trinajstić information content (AvgIpc) is 2.59. The van der Waals surface area contributed by atoms with Gasteiger partial charge < -0.3 is 10.2 Å². The van der Waals surface area contributed by atoms with Crippen molar-refractivity contribution in [3.8, 4) is 0 Å². The van der Waals surface area contributed by atoms with E-state index >= 15 is 0 Å². The van der Waals surface area contributed by atoms with Crippen LogP contribution in [0.1, 0.15) is 10.4 Å². The third-order valence-electron chi connectivity index (χ3n) is 3.96. The fraction of sp³-hybridized carbons (Fsp3) is 0.467. The molecule has 0 spiro atoms. The summed E-state index contributed by atoms with van der Waals surface area (Å²) in [5.41, 5.74) is -0.360. The van der Waals surface area contributed by atoms with E-state index in [2.05, 4.69) is 5.32 Å². The van der Waals surface area contributed by atoms with Crippen LogP contribution in [0.5, 0.6) is 0 Å². The Morgan fingerprint density at radius 3 is 2.31 bits per heavy atom. The Balaban J connectivity index is 1.87. The number of piperazine rings is 1. The SMILES string of the molecule is CN(C)S(=O)(=O)N1CCN(C(=O)CNC(=O)c2ccc(F)cc2F)CC1. The number of nitrogens with zero attached hydrogens (tertiary/aromatic N) is 3. The molecule has 11 heteroatoms. The molecule has 1 aliphatic rings. The lowest BCUT2D eigenvalue weighted by atomic mass is 10.2. The number of benzene rings is 1. The van der Waals surface area contributed by atoms with Gasteiger partial charge in [-0.15, -0.1) is 0 Å². The van der Waals surface area contributed by atoms with Gasteiger partial charge in [-0.2, -0.15) is 17.0 Å². The highest BCUT2D eigenvalue weighted by molar-refractivity contribution is 7.86. The topological polar surface area (TPSA) is 90.0 Å². The molecule has 1 N–H and O–H groups in total. The molecular weight excluding hydrogens is 370 g/mol. The van der Waals surface area contributed by atoms with Crippen molar-refractivity contribution < 1.29 is 26.8 Å². The summed E-state index contributed by atoms with van der Waals surface area (Å²) in [5.74, 6) is -3.06. The van der Waals surface area contributed by atoms with E-state index in [1.54, 1.807) is 0 Å². The lowest BCUT2D eigenvalue weighted by Gasteiger charge is -2.35. The Morgan fingerprint density at radius 1 is 1.15 bits per heavy atom. The Labute approximate surface area is 150 Å². The summed E-state index contributed by atoms with van der Waals surface area (Å²) < 4.78 is 52.8. The van der Waals surface area contributed by atoms with Crippen LogP contribution in [0.4, 0.5) is 8.78 Å². The van der Waals surface area contributed by atoms with Crippen molar-refractivity contribution in [1.29, 1.82) is 0 Å². The minimum absolute atomic E-state index is 0.146. The normalized spacial score (nSPS) is 16.0. The third kappa shape index (κ3) is 4.54. The van der Waals surface area contributed by atoms with E-state index in [4.69, 9.17) is 0 Å². The first-order chi connectivity index (χ1) is 12.1. The second-order valence-electron chi connectivity index (χ2n) is 5.88. The van der Waals surface area contributed by atoms with Crippen molar-refractivity contribution >= 4 is 22.0 Å². The molecule has 0 atom stereocenters. The summed E-state index contributed by atoms with van der Waals surface area (Å²) in [6.07, 6.45) is 0. The van der Waals surface area contributed by atoms with Crippen molar-refractivity contribution in [1.82, 2.24) is 18.8 Å². The molecule has 1 fully saturated rings. The van der Waals surface area contributed by atoms with Gasteiger partial charge in [0.15, 0.2) is 0 Å². The molecule has 8 nitrogen and oxygen atoms in total. The second kappa shape index (κ2) is 8.06. The molecule has 0 bridgehead atoms. The van der Waals surface area contributed by atoms with Gasteiger partial charge in [-0.3, -0.25) is 9.59 Å².